The van der Waals surface area contributed by atoms with Crippen LogP contribution >= 0.6 is 0 Å². The maximum absolute atomic E-state index is 13.0. The van der Waals surface area contributed by atoms with Crippen molar-refractivity contribution in [3.8, 4) is 11.5 Å². The molecule has 0 aliphatic rings. The molecule has 0 amide bonds. The average Bonchev–Trinajstić information content (AvgIpc) is 2.10. The minimum Gasteiger partial charge on any atom is -1.00 e. The Morgan fingerprint density at radius 2 is 1.79 bits per heavy atom. The van der Waals surface area contributed by atoms with E-state index in [1.807, 2.05) is 0 Å². The van der Waals surface area contributed by atoms with E-state index < -0.39 is 23.4 Å². The summed E-state index contributed by atoms with van der Waals surface area (Å²) in [4.78, 5) is 0. The Balaban J connectivity index is 0.00000169. The molecule has 0 fully saturated rings. The largest absolute Gasteiger partial charge is 1.00 e. The molecule has 1 unspecified atom stereocenters. The van der Waals surface area contributed by atoms with Crippen molar-refractivity contribution in [1.29, 1.82) is 0 Å². The minimum absolute atomic E-state index is 0. The first-order chi connectivity index (χ1) is 6.06. The molecular weight excluding hydrogens is 213 g/mol. The van der Waals surface area contributed by atoms with Crippen LogP contribution in [-0.4, -0.2) is 21.9 Å². The van der Waals surface area contributed by atoms with Gasteiger partial charge in [-0.25, -0.2) is 4.39 Å². The molecule has 0 aromatic heterocycles. The highest BCUT2D eigenvalue weighted by molar-refractivity contribution is 5.42. The molecule has 1 rings (SSSR count). The molecule has 1 aromatic rings. The van der Waals surface area contributed by atoms with E-state index >= 15 is 0 Å². The minimum atomic E-state index is -1.17. The number of benzene rings is 1. The lowest BCUT2D eigenvalue weighted by Crippen LogP contribution is -3.00. The van der Waals surface area contributed by atoms with E-state index in [2.05, 4.69) is 0 Å². The Morgan fingerprint density at radius 1 is 1.29 bits per heavy atom. The van der Waals surface area contributed by atoms with Crippen LogP contribution in [0.15, 0.2) is 12.1 Å². The summed E-state index contributed by atoms with van der Waals surface area (Å²) in [6, 6.07) is 1.67. The molecule has 0 bridgehead atoms. The maximum atomic E-state index is 13.0. The van der Waals surface area contributed by atoms with Crippen molar-refractivity contribution in [3.05, 3.63) is 23.5 Å². The fourth-order valence-corrected chi connectivity index (χ4v) is 0.950. The zero-order chi connectivity index (χ0) is 10.0. The molecule has 1 aromatic carbocycles. The highest BCUT2D eigenvalue weighted by Gasteiger charge is 2.14. The van der Waals surface area contributed by atoms with Crippen LogP contribution in [0.3, 0.4) is 0 Å². The molecule has 80 valence electrons. The van der Waals surface area contributed by atoms with Crippen molar-refractivity contribution in [2.45, 2.75) is 6.10 Å². The van der Waals surface area contributed by atoms with Gasteiger partial charge in [0.1, 0.15) is 5.82 Å². The van der Waals surface area contributed by atoms with Gasteiger partial charge in [0.15, 0.2) is 11.5 Å². The number of phenolic OH excluding ortho intramolecular Hbond substituents is 2. The second-order valence-electron chi connectivity index (χ2n) is 2.61. The smallest absolute Gasteiger partial charge is 0.160 e. The average molecular weight is 223 g/mol. The van der Waals surface area contributed by atoms with E-state index in [1.54, 1.807) is 0 Å². The highest BCUT2D eigenvalue weighted by atomic mass is 35.5. The molecule has 0 saturated heterocycles. The lowest BCUT2D eigenvalue weighted by atomic mass is 10.1. The second kappa shape index (κ2) is 4.99. The summed E-state index contributed by atoms with van der Waals surface area (Å²) in [5.41, 5.74) is 4.97. The summed E-state index contributed by atoms with van der Waals surface area (Å²) in [5, 5.41) is 27.0. The molecule has 0 heterocycles. The third-order valence-electron chi connectivity index (χ3n) is 1.68. The lowest BCUT2D eigenvalue weighted by molar-refractivity contribution is -0.00000690. The first-order valence-corrected chi connectivity index (χ1v) is 3.65. The van der Waals surface area contributed by atoms with E-state index in [-0.39, 0.29) is 24.5 Å². The predicted octanol–water partition coefficient (Wildman–Crippen LogP) is -2.77. The normalized spacial score (nSPS) is 11.9. The van der Waals surface area contributed by atoms with E-state index in [1.165, 1.54) is 0 Å². The number of aliphatic hydroxyl groups is 1. The van der Waals surface area contributed by atoms with Crippen molar-refractivity contribution < 1.29 is 32.1 Å². The standard InChI is InChI=1S/C8H10FNO3.ClH/c9-5-2-7(12)6(11)1-4(5)8(13)3-10;/h1-2,8,11-13H,3,10H2;1H/p-1. The van der Waals surface area contributed by atoms with Crippen LogP contribution in [0.25, 0.3) is 0 Å². The van der Waals surface area contributed by atoms with Gasteiger partial charge in [-0.2, -0.15) is 0 Å². The Bertz CT molecular complexity index is 322. The van der Waals surface area contributed by atoms with Crippen LogP contribution in [0.5, 0.6) is 11.5 Å². The molecule has 6 heteroatoms. The summed E-state index contributed by atoms with van der Waals surface area (Å²) in [6.07, 6.45) is -1.17. The number of aromatic hydroxyl groups is 2. The Hall–Kier alpha value is -1.04. The third kappa shape index (κ3) is 2.47. The van der Waals surface area contributed by atoms with Crippen LogP contribution < -0.4 is 18.1 Å². The number of halogens is 2. The van der Waals surface area contributed by atoms with Crippen molar-refractivity contribution >= 4 is 0 Å². The van der Waals surface area contributed by atoms with Crippen molar-refractivity contribution in [2.75, 3.05) is 6.54 Å². The predicted molar refractivity (Wildman–Crippen MR) is 43.7 cm³/mol. The second-order valence-corrected chi connectivity index (χ2v) is 2.61. The van der Waals surface area contributed by atoms with E-state index in [9.17, 15) is 4.39 Å². The summed E-state index contributed by atoms with van der Waals surface area (Å²) < 4.78 is 13.0. The van der Waals surface area contributed by atoms with Gasteiger partial charge in [0.05, 0.1) is 6.10 Å². The number of hydrogen-bond acceptors (Lipinski definition) is 4. The molecule has 0 radical (unpaired) electrons. The highest BCUT2D eigenvalue weighted by Crippen LogP contribution is 2.30. The topological polar surface area (TPSA) is 86.7 Å². The molecular formula is C8H10ClFNO3-. The molecule has 0 spiro atoms. The van der Waals surface area contributed by atoms with Gasteiger partial charge in [0.2, 0.25) is 0 Å². The molecule has 0 aliphatic carbocycles. The van der Waals surface area contributed by atoms with Crippen LogP contribution in [0.1, 0.15) is 11.7 Å². The van der Waals surface area contributed by atoms with Gasteiger partial charge in [0.25, 0.3) is 0 Å². The molecule has 14 heavy (non-hydrogen) atoms. The SMILES string of the molecule is NCC(O)c1cc(O)c(O)cc1F.[Cl-]. The van der Waals surface area contributed by atoms with Crippen LogP contribution in [0.2, 0.25) is 0 Å². The fraction of sp³-hybridized carbons (Fsp3) is 0.250. The number of nitrogens with two attached hydrogens (primary N) is 1. The van der Waals surface area contributed by atoms with Gasteiger partial charge in [-0.15, -0.1) is 0 Å². The van der Waals surface area contributed by atoms with Crippen LogP contribution in [0.4, 0.5) is 4.39 Å². The molecule has 5 N–H and O–H groups in total. The number of phenols is 2. The Labute approximate surface area is 86.2 Å². The quantitative estimate of drug-likeness (QED) is 0.408. The summed E-state index contributed by atoms with van der Waals surface area (Å²) in [6.45, 7) is -0.152. The molecule has 4 nitrogen and oxygen atoms in total. The van der Waals surface area contributed by atoms with Gasteiger partial charge >= 0.3 is 0 Å². The summed E-state index contributed by atoms with van der Waals surface area (Å²) in [5.74, 6) is -1.84. The maximum Gasteiger partial charge on any atom is 0.160 e. The Kier molecular flexibility index (Phi) is 4.62. The van der Waals surface area contributed by atoms with Crippen LogP contribution in [0, 0.1) is 5.82 Å². The summed E-state index contributed by atoms with van der Waals surface area (Å²) >= 11 is 0. The van der Waals surface area contributed by atoms with Gasteiger partial charge in [-0.1, -0.05) is 0 Å². The monoisotopic (exact) mass is 222 g/mol. The molecule has 1 atom stereocenters. The lowest BCUT2D eigenvalue weighted by Gasteiger charge is -2.10. The number of rotatable bonds is 2. The van der Waals surface area contributed by atoms with Crippen molar-refractivity contribution in [3.63, 3.8) is 0 Å². The zero-order valence-electron chi connectivity index (χ0n) is 7.11. The zero-order valence-corrected chi connectivity index (χ0v) is 7.87. The summed E-state index contributed by atoms with van der Waals surface area (Å²) in [7, 11) is 0. The number of hydrogen-bond donors (Lipinski definition) is 4. The number of aliphatic hydroxyl groups excluding tert-OH is 1. The molecule has 0 saturated carbocycles. The van der Waals surface area contributed by atoms with E-state index in [0.717, 1.165) is 12.1 Å². The van der Waals surface area contributed by atoms with Gasteiger partial charge in [0, 0.05) is 18.2 Å². The Morgan fingerprint density at radius 3 is 2.29 bits per heavy atom. The van der Waals surface area contributed by atoms with Crippen molar-refractivity contribution in [2.24, 2.45) is 5.73 Å². The first-order valence-electron chi connectivity index (χ1n) is 3.65. The molecule has 0 aliphatic heterocycles. The van der Waals surface area contributed by atoms with Gasteiger partial charge in [-0.05, 0) is 6.07 Å². The fourth-order valence-electron chi connectivity index (χ4n) is 0.950. The van der Waals surface area contributed by atoms with Crippen LogP contribution in [-0.2, 0) is 0 Å². The van der Waals surface area contributed by atoms with Crippen molar-refractivity contribution in [1.82, 2.24) is 0 Å². The van der Waals surface area contributed by atoms with Gasteiger partial charge < -0.3 is 33.5 Å². The third-order valence-corrected chi connectivity index (χ3v) is 1.68. The van der Waals surface area contributed by atoms with E-state index in [4.69, 9.17) is 21.1 Å². The first kappa shape index (κ1) is 13.0. The van der Waals surface area contributed by atoms with Gasteiger partial charge in [-0.3, -0.25) is 0 Å². The van der Waals surface area contributed by atoms with E-state index in [0.29, 0.717) is 0 Å².